The summed E-state index contributed by atoms with van der Waals surface area (Å²) in [5, 5.41) is 3.56. The third-order valence-electron chi connectivity index (χ3n) is 4.60. The lowest BCUT2D eigenvalue weighted by atomic mass is 9.94. The fourth-order valence-electron chi connectivity index (χ4n) is 3.16. The molecule has 112 valence electrons. The Kier molecular flexibility index (Phi) is 5.47. The van der Waals surface area contributed by atoms with E-state index in [1.165, 1.54) is 42.6 Å². The summed E-state index contributed by atoms with van der Waals surface area (Å²) < 4.78 is 0. The highest BCUT2D eigenvalue weighted by Gasteiger charge is 2.24. The normalized spacial score (nSPS) is 17.7. The predicted molar refractivity (Wildman–Crippen MR) is 88.6 cm³/mol. The number of nitrogens with one attached hydrogen (secondary N) is 1. The Bertz CT molecular complexity index is 427. The summed E-state index contributed by atoms with van der Waals surface area (Å²) in [7, 11) is 0. The van der Waals surface area contributed by atoms with Crippen LogP contribution in [0.1, 0.15) is 44.7 Å². The number of benzene rings is 1. The van der Waals surface area contributed by atoms with E-state index in [0.717, 1.165) is 13.1 Å². The quantitative estimate of drug-likeness (QED) is 0.794. The van der Waals surface area contributed by atoms with Gasteiger partial charge in [0.15, 0.2) is 0 Å². The van der Waals surface area contributed by atoms with E-state index in [4.69, 9.17) is 0 Å². The number of fused-ring (bicyclic) bond motifs is 1. The van der Waals surface area contributed by atoms with Crippen LogP contribution in [0.2, 0.25) is 0 Å². The van der Waals surface area contributed by atoms with Gasteiger partial charge in [-0.05, 0) is 63.7 Å². The van der Waals surface area contributed by atoms with Crippen LogP contribution in [0.4, 0.5) is 5.69 Å². The predicted octanol–water partition coefficient (Wildman–Crippen LogP) is 3.77. The molecule has 0 aromatic heterocycles. The lowest BCUT2D eigenvalue weighted by molar-refractivity contribution is 0.414. The van der Waals surface area contributed by atoms with Crippen molar-refractivity contribution in [1.29, 1.82) is 0 Å². The van der Waals surface area contributed by atoms with Crippen molar-refractivity contribution in [3.05, 3.63) is 29.3 Å². The third kappa shape index (κ3) is 3.54. The van der Waals surface area contributed by atoms with Gasteiger partial charge in [-0.25, -0.2) is 0 Å². The van der Waals surface area contributed by atoms with Crippen molar-refractivity contribution in [2.75, 3.05) is 24.5 Å². The second-order valence-electron chi connectivity index (χ2n) is 6.35. The molecule has 0 saturated heterocycles. The van der Waals surface area contributed by atoms with Gasteiger partial charge in [-0.1, -0.05) is 31.5 Å². The lowest BCUT2D eigenvalue weighted by Crippen LogP contribution is -2.44. The second-order valence-corrected chi connectivity index (χ2v) is 6.35. The summed E-state index contributed by atoms with van der Waals surface area (Å²) in [6, 6.07) is 7.55. The van der Waals surface area contributed by atoms with Crippen LogP contribution >= 0.6 is 0 Å². The molecule has 1 aromatic carbocycles. The molecule has 2 unspecified atom stereocenters. The largest absolute Gasteiger partial charge is 0.368 e. The maximum atomic E-state index is 3.56. The van der Waals surface area contributed by atoms with Crippen LogP contribution in [-0.4, -0.2) is 25.7 Å². The van der Waals surface area contributed by atoms with E-state index in [1.54, 1.807) is 0 Å². The zero-order valence-electron chi connectivity index (χ0n) is 13.6. The van der Waals surface area contributed by atoms with Crippen molar-refractivity contribution in [3.8, 4) is 0 Å². The van der Waals surface area contributed by atoms with Crippen molar-refractivity contribution < 1.29 is 0 Å². The van der Waals surface area contributed by atoms with Gasteiger partial charge in [0.05, 0.1) is 0 Å². The molecule has 2 heteroatoms. The fourth-order valence-corrected chi connectivity index (χ4v) is 3.16. The van der Waals surface area contributed by atoms with Crippen molar-refractivity contribution in [2.24, 2.45) is 5.92 Å². The van der Waals surface area contributed by atoms with Gasteiger partial charge in [-0.15, -0.1) is 0 Å². The molecule has 0 spiro atoms. The molecule has 1 aliphatic rings. The average Bonchev–Trinajstić information content (AvgIpc) is 2.45. The summed E-state index contributed by atoms with van der Waals surface area (Å²) >= 11 is 0. The first-order valence-electron chi connectivity index (χ1n) is 8.20. The molecule has 2 rings (SSSR count). The number of anilines is 1. The SMILES string of the molecule is CCCNCC(C)C(C)N1CCCc2cc(C)ccc21. The number of hydrogen-bond donors (Lipinski definition) is 1. The molecule has 1 aliphatic heterocycles. The molecule has 0 aliphatic carbocycles. The molecule has 0 fully saturated rings. The van der Waals surface area contributed by atoms with E-state index in [0.29, 0.717) is 12.0 Å². The van der Waals surface area contributed by atoms with Gasteiger partial charge >= 0.3 is 0 Å². The van der Waals surface area contributed by atoms with Crippen LogP contribution in [0.15, 0.2) is 18.2 Å². The summed E-state index contributed by atoms with van der Waals surface area (Å²) in [6.07, 6.45) is 3.74. The lowest BCUT2D eigenvalue weighted by Gasteiger charge is -2.39. The van der Waals surface area contributed by atoms with E-state index in [2.05, 4.69) is 56.1 Å². The molecular formula is C18H30N2. The first-order valence-corrected chi connectivity index (χ1v) is 8.20. The van der Waals surface area contributed by atoms with Gasteiger partial charge in [0, 0.05) is 18.3 Å². The molecule has 0 bridgehead atoms. The molecule has 1 heterocycles. The Labute approximate surface area is 124 Å². The van der Waals surface area contributed by atoms with Crippen LogP contribution in [0.5, 0.6) is 0 Å². The minimum absolute atomic E-state index is 0.598. The highest BCUT2D eigenvalue weighted by molar-refractivity contribution is 5.57. The maximum absolute atomic E-state index is 3.56. The summed E-state index contributed by atoms with van der Waals surface area (Å²) in [5.74, 6) is 0.675. The number of hydrogen-bond acceptors (Lipinski definition) is 2. The van der Waals surface area contributed by atoms with Crippen molar-refractivity contribution >= 4 is 5.69 Å². The molecule has 1 aromatic rings. The third-order valence-corrected chi connectivity index (χ3v) is 4.60. The van der Waals surface area contributed by atoms with Gasteiger partial charge in [0.2, 0.25) is 0 Å². The van der Waals surface area contributed by atoms with E-state index in [1.807, 2.05) is 0 Å². The van der Waals surface area contributed by atoms with E-state index >= 15 is 0 Å². The Balaban J connectivity index is 2.06. The van der Waals surface area contributed by atoms with Crippen LogP contribution in [-0.2, 0) is 6.42 Å². The van der Waals surface area contributed by atoms with Crippen molar-refractivity contribution in [2.45, 2.75) is 53.0 Å². The van der Waals surface area contributed by atoms with Crippen molar-refractivity contribution in [1.82, 2.24) is 5.32 Å². The van der Waals surface area contributed by atoms with Crippen LogP contribution in [0.3, 0.4) is 0 Å². The highest BCUT2D eigenvalue weighted by atomic mass is 15.2. The summed E-state index contributed by atoms with van der Waals surface area (Å²) in [6.45, 7) is 12.6. The van der Waals surface area contributed by atoms with Gasteiger partial charge in [-0.3, -0.25) is 0 Å². The second kappa shape index (κ2) is 7.12. The average molecular weight is 274 g/mol. The number of aryl methyl sites for hydroxylation is 2. The maximum Gasteiger partial charge on any atom is 0.0401 e. The molecular weight excluding hydrogens is 244 g/mol. The van der Waals surface area contributed by atoms with Crippen LogP contribution < -0.4 is 10.2 Å². The Morgan fingerprint density at radius 2 is 2.10 bits per heavy atom. The van der Waals surface area contributed by atoms with E-state index in [9.17, 15) is 0 Å². The first kappa shape index (κ1) is 15.4. The summed E-state index contributed by atoms with van der Waals surface area (Å²) in [5.41, 5.74) is 4.39. The fraction of sp³-hybridized carbons (Fsp3) is 0.667. The van der Waals surface area contributed by atoms with E-state index in [-0.39, 0.29) is 0 Å². The Morgan fingerprint density at radius 1 is 1.30 bits per heavy atom. The van der Waals surface area contributed by atoms with Crippen LogP contribution in [0.25, 0.3) is 0 Å². The molecule has 2 nitrogen and oxygen atoms in total. The molecule has 20 heavy (non-hydrogen) atoms. The Hall–Kier alpha value is -1.02. The topological polar surface area (TPSA) is 15.3 Å². The standard InChI is InChI=1S/C18H30N2/c1-5-10-19-13-15(3)16(4)20-11-6-7-17-12-14(2)8-9-18(17)20/h8-9,12,15-16,19H,5-7,10-11,13H2,1-4H3. The minimum Gasteiger partial charge on any atom is -0.368 e. The molecule has 0 amide bonds. The van der Waals surface area contributed by atoms with Gasteiger partial charge in [0.25, 0.3) is 0 Å². The smallest absolute Gasteiger partial charge is 0.0401 e. The van der Waals surface area contributed by atoms with Crippen molar-refractivity contribution in [3.63, 3.8) is 0 Å². The number of rotatable bonds is 6. The zero-order chi connectivity index (χ0) is 14.5. The number of nitrogens with zero attached hydrogens (tertiary/aromatic N) is 1. The zero-order valence-corrected chi connectivity index (χ0v) is 13.6. The minimum atomic E-state index is 0.598. The van der Waals surface area contributed by atoms with Gasteiger partial charge < -0.3 is 10.2 Å². The molecule has 1 N–H and O–H groups in total. The molecule has 0 radical (unpaired) electrons. The Morgan fingerprint density at radius 3 is 2.85 bits per heavy atom. The summed E-state index contributed by atoms with van der Waals surface area (Å²) in [4.78, 5) is 2.62. The van der Waals surface area contributed by atoms with E-state index < -0.39 is 0 Å². The highest BCUT2D eigenvalue weighted by Crippen LogP contribution is 2.31. The monoisotopic (exact) mass is 274 g/mol. The first-order chi connectivity index (χ1) is 9.63. The van der Waals surface area contributed by atoms with Crippen LogP contribution in [0, 0.1) is 12.8 Å². The van der Waals surface area contributed by atoms with Gasteiger partial charge in [0.1, 0.15) is 0 Å². The molecule has 2 atom stereocenters. The van der Waals surface area contributed by atoms with Gasteiger partial charge in [-0.2, -0.15) is 0 Å². The molecule has 0 saturated carbocycles.